The second-order valence-electron chi connectivity index (χ2n) is 4.87. The van der Waals surface area contributed by atoms with Crippen LogP contribution in [0.15, 0.2) is 30.4 Å². The maximum Gasteiger partial charge on any atom is 0.416 e. The fourth-order valence-corrected chi connectivity index (χ4v) is 2.32. The van der Waals surface area contributed by atoms with Gasteiger partial charge in [0.1, 0.15) is 5.82 Å². The third-order valence-corrected chi connectivity index (χ3v) is 3.33. The molecular weight excluding hydrogens is 272 g/mol. The van der Waals surface area contributed by atoms with Crippen molar-refractivity contribution in [3.8, 4) is 0 Å². The molecule has 0 bridgehead atoms. The smallest absolute Gasteiger partial charge is 0.329 e. The Balaban J connectivity index is 2.22. The number of nitrogens with two attached hydrogens (primary N) is 1. The predicted octanol–water partition coefficient (Wildman–Crippen LogP) is 3.15. The number of rotatable bonds is 4. The molecule has 1 aliphatic rings. The van der Waals surface area contributed by atoms with Crippen LogP contribution in [0.2, 0.25) is 0 Å². The van der Waals surface area contributed by atoms with E-state index in [2.05, 4.69) is 5.32 Å². The molecule has 0 saturated carbocycles. The van der Waals surface area contributed by atoms with Gasteiger partial charge in [-0.25, -0.2) is 4.39 Å². The van der Waals surface area contributed by atoms with Crippen LogP contribution in [0.3, 0.4) is 0 Å². The Bertz CT molecular complexity index is 488. The molecule has 110 valence electrons. The highest BCUT2D eigenvalue weighted by Crippen LogP contribution is 2.32. The lowest BCUT2D eigenvalue weighted by atomic mass is 10.0. The lowest BCUT2D eigenvalue weighted by Crippen LogP contribution is -2.35. The molecule has 20 heavy (non-hydrogen) atoms. The minimum Gasteiger partial charge on any atom is -0.329 e. The summed E-state index contributed by atoms with van der Waals surface area (Å²) in [5.74, 6) is -0.903. The van der Waals surface area contributed by atoms with Crippen molar-refractivity contribution < 1.29 is 17.6 Å². The van der Waals surface area contributed by atoms with E-state index in [9.17, 15) is 17.6 Å². The highest BCUT2D eigenvalue weighted by Gasteiger charge is 2.32. The van der Waals surface area contributed by atoms with Gasteiger partial charge in [-0.2, -0.15) is 13.2 Å². The van der Waals surface area contributed by atoms with Gasteiger partial charge in [0.25, 0.3) is 0 Å². The Hall–Kier alpha value is -1.40. The van der Waals surface area contributed by atoms with Crippen LogP contribution in [0.4, 0.5) is 17.6 Å². The van der Waals surface area contributed by atoms with E-state index in [0.717, 1.165) is 25.0 Å². The average Bonchev–Trinajstić information content (AvgIpc) is 2.87. The number of hydrogen-bond acceptors (Lipinski definition) is 2. The molecule has 0 radical (unpaired) electrons. The normalized spacial score (nSPS) is 17.6. The second kappa shape index (κ2) is 5.93. The summed E-state index contributed by atoms with van der Waals surface area (Å²) in [5.41, 5.74) is 4.85. The summed E-state index contributed by atoms with van der Waals surface area (Å²) in [5, 5.41) is 3.17. The highest BCUT2D eigenvalue weighted by atomic mass is 19.4. The van der Waals surface area contributed by atoms with Gasteiger partial charge in [-0.1, -0.05) is 12.2 Å². The maximum absolute atomic E-state index is 13.4. The molecule has 0 heterocycles. The van der Waals surface area contributed by atoms with E-state index in [1.165, 1.54) is 0 Å². The van der Waals surface area contributed by atoms with Crippen LogP contribution >= 0.6 is 0 Å². The fraction of sp³-hybridized carbons (Fsp3) is 0.429. The maximum atomic E-state index is 13.4. The Kier molecular flexibility index (Phi) is 4.45. The SMILES string of the molecule is NCC(NC1CC=CC1)c1cc(F)cc(C(F)(F)F)c1. The van der Waals surface area contributed by atoms with Gasteiger partial charge in [0.15, 0.2) is 0 Å². The number of hydrogen-bond donors (Lipinski definition) is 2. The topological polar surface area (TPSA) is 38.0 Å². The number of benzene rings is 1. The minimum absolute atomic E-state index is 0.108. The first kappa shape index (κ1) is 15.0. The Morgan fingerprint density at radius 1 is 1.20 bits per heavy atom. The Morgan fingerprint density at radius 2 is 1.85 bits per heavy atom. The molecule has 6 heteroatoms. The fourth-order valence-electron chi connectivity index (χ4n) is 2.32. The molecular formula is C14H16F4N2. The zero-order valence-electron chi connectivity index (χ0n) is 10.8. The van der Waals surface area contributed by atoms with Crippen molar-refractivity contribution in [1.29, 1.82) is 0 Å². The van der Waals surface area contributed by atoms with Crippen molar-refractivity contribution in [2.75, 3.05) is 6.54 Å². The van der Waals surface area contributed by atoms with Crippen molar-refractivity contribution in [3.63, 3.8) is 0 Å². The molecule has 0 amide bonds. The van der Waals surface area contributed by atoms with Crippen LogP contribution in [0.25, 0.3) is 0 Å². The number of alkyl halides is 3. The van der Waals surface area contributed by atoms with Crippen molar-refractivity contribution in [1.82, 2.24) is 5.32 Å². The summed E-state index contributed by atoms with van der Waals surface area (Å²) >= 11 is 0. The van der Waals surface area contributed by atoms with Crippen LogP contribution in [-0.4, -0.2) is 12.6 Å². The van der Waals surface area contributed by atoms with Gasteiger partial charge in [0.2, 0.25) is 0 Å². The summed E-state index contributed by atoms with van der Waals surface area (Å²) in [6.07, 6.45) is 1.04. The van der Waals surface area contributed by atoms with Crippen LogP contribution in [0, 0.1) is 5.82 Å². The van der Waals surface area contributed by atoms with E-state index in [4.69, 9.17) is 5.73 Å². The van der Waals surface area contributed by atoms with Gasteiger partial charge in [-0.15, -0.1) is 0 Å². The van der Waals surface area contributed by atoms with Gasteiger partial charge < -0.3 is 11.1 Å². The van der Waals surface area contributed by atoms with Crippen LogP contribution < -0.4 is 11.1 Å². The summed E-state index contributed by atoms with van der Waals surface area (Å²) < 4.78 is 51.5. The summed E-state index contributed by atoms with van der Waals surface area (Å²) in [6.45, 7) is 0.108. The Labute approximate surface area is 114 Å². The van der Waals surface area contributed by atoms with E-state index >= 15 is 0 Å². The molecule has 1 aliphatic carbocycles. The van der Waals surface area contributed by atoms with Crippen molar-refractivity contribution >= 4 is 0 Å². The van der Waals surface area contributed by atoms with Crippen molar-refractivity contribution in [3.05, 3.63) is 47.3 Å². The first-order valence-corrected chi connectivity index (χ1v) is 6.39. The molecule has 0 spiro atoms. The molecule has 0 fully saturated rings. The largest absolute Gasteiger partial charge is 0.416 e. The number of halogens is 4. The molecule has 0 aliphatic heterocycles. The van der Waals surface area contributed by atoms with E-state index in [1.54, 1.807) is 0 Å². The van der Waals surface area contributed by atoms with Crippen LogP contribution in [-0.2, 0) is 6.18 Å². The summed E-state index contributed by atoms with van der Waals surface area (Å²) in [7, 11) is 0. The molecule has 2 rings (SSSR count). The zero-order valence-corrected chi connectivity index (χ0v) is 10.8. The minimum atomic E-state index is -4.56. The van der Waals surface area contributed by atoms with E-state index in [-0.39, 0.29) is 18.2 Å². The molecule has 3 N–H and O–H groups in total. The van der Waals surface area contributed by atoms with Gasteiger partial charge in [0.05, 0.1) is 5.56 Å². The average molecular weight is 288 g/mol. The van der Waals surface area contributed by atoms with E-state index in [0.29, 0.717) is 6.07 Å². The van der Waals surface area contributed by atoms with E-state index < -0.39 is 23.6 Å². The molecule has 1 atom stereocenters. The van der Waals surface area contributed by atoms with Gasteiger partial charge in [-0.3, -0.25) is 0 Å². The first-order chi connectivity index (χ1) is 9.40. The molecule has 2 nitrogen and oxygen atoms in total. The third kappa shape index (κ3) is 3.58. The lowest BCUT2D eigenvalue weighted by Gasteiger charge is -2.23. The summed E-state index contributed by atoms with van der Waals surface area (Å²) in [4.78, 5) is 0. The van der Waals surface area contributed by atoms with Gasteiger partial charge >= 0.3 is 6.18 Å². The predicted molar refractivity (Wildman–Crippen MR) is 68.5 cm³/mol. The van der Waals surface area contributed by atoms with E-state index in [1.807, 2.05) is 12.2 Å². The number of nitrogens with one attached hydrogen (secondary N) is 1. The molecule has 0 saturated heterocycles. The third-order valence-electron chi connectivity index (χ3n) is 3.33. The van der Waals surface area contributed by atoms with Crippen LogP contribution in [0.1, 0.15) is 30.0 Å². The highest BCUT2D eigenvalue weighted by molar-refractivity contribution is 5.29. The van der Waals surface area contributed by atoms with Crippen LogP contribution in [0.5, 0.6) is 0 Å². The quantitative estimate of drug-likeness (QED) is 0.660. The second-order valence-corrected chi connectivity index (χ2v) is 4.87. The zero-order chi connectivity index (χ0) is 14.8. The summed E-state index contributed by atoms with van der Waals surface area (Å²) in [6, 6.07) is 2.20. The standard InChI is InChI=1S/C14H16F4N2/c15-11-6-9(5-10(7-11)14(16,17)18)13(8-19)20-12-3-1-2-4-12/h1-2,5-7,12-13,20H,3-4,8,19H2. The molecule has 1 unspecified atom stereocenters. The first-order valence-electron chi connectivity index (χ1n) is 6.39. The molecule has 1 aromatic rings. The Morgan fingerprint density at radius 3 is 2.40 bits per heavy atom. The van der Waals surface area contributed by atoms with Gasteiger partial charge in [0, 0.05) is 18.6 Å². The molecule has 1 aromatic carbocycles. The molecule has 0 aromatic heterocycles. The lowest BCUT2D eigenvalue weighted by molar-refractivity contribution is -0.137. The monoisotopic (exact) mass is 288 g/mol. The van der Waals surface area contributed by atoms with Gasteiger partial charge in [-0.05, 0) is 36.6 Å². The van der Waals surface area contributed by atoms with Crippen molar-refractivity contribution in [2.24, 2.45) is 5.73 Å². The van der Waals surface area contributed by atoms with Crippen molar-refractivity contribution in [2.45, 2.75) is 31.1 Å².